The summed E-state index contributed by atoms with van der Waals surface area (Å²) in [6.45, 7) is 1.48. The van der Waals surface area contributed by atoms with Gasteiger partial charge in [0.15, 0.2) is 0 Å². The Morgan fingerprint density at radius 3 is 2.57 bits per heavy atom. The molecule has 0 atom stereocenters. The van der Waals surface area contributed by atoms with Gasteiger partial charge in [-0.25, -0.2) is 4.98 Å². The lowest BCUT2D eigenvalue weighted by Crippen LogP contribution is -2.05. The van der Waals surface area contributed by atoms with Gasteiger partial charge in [-0.3, -0.25) is 4.79 Å². The Morgan fingerprint density at radius 2 is 1.86 bits per heavy atom. The second-order valence-corrected chi connectivity index (χ2v) is 4.88. The van der Waals surface area contributed by atoms with Crippen molar-refractivity contribution in [3.8, 4) is 11.3 Å². The Morgan fingerprint density at radius 1 is 1.10 bits per heavy atom. The number of anilines is 2. The van der Waals surface area contributed by atoms with Crippen LogP contribution in [-0.4, -0.2) is 10.9 Å². The van der Waals surface area contributed by atoms with Crippen molar-refractivity contribution in [2.45, 2.75) is 6.92 Å². The molecule has 104 valence electrons. The van der Waals surface area contributed by atoms with Gasteiger partial charge in [0.25, 0.3) is 0 Å². The minimum absolute atomic E-state index is 0.109. The van der Waals surface area contributed by atoms with Crippen LogP contribution in [0.2, 0.25) is 0 Å². The van der Waals surface area contributed by atoms with Crippen molar-refractivity contribution < 1.29 is 4.79 Å². The van der Waals surface area contributed by atoms with Crippen molar-refractivity contribution in [1.29, 1.82) is 0 Å². The highest BCUT2D eigenvalue weighted by molar-refractivity contribution is 5.97. The Hall–Kier alpha value is -2.88. The number of fused-ring (bicyclic) bond motifs is 1. The lowest BCUT2D eigenvalue weighted by Gasteiger charge is -2.09. The maximum absolute atomic E-state index is 11.1. The maximum Gasteiger partial charge on any atom is 0.221 e. The number of amides is 1. The predicted octanol–water partition coefficient (Wildman–Crippen LogP) is 3.44. The minimum Gasteiger partial charge on any atom is -0.398 e. The molecule has 4 nitrogen and oxygen atoms in total. The van der Waals surface area contributed by atoms with Crippen LogP contribution < -0.4 is 11.1 Å². The van der Waals surface area contributed by atoms with Crippen molar-refractivity contribution in [3.63, 3.8) is 0 Å². The molecule has 1 aromatic heterocycles. The predicted molar refractivity (Wildman–Crippen MR) is 85.9 cm³/mol. The molecule has 0 aliphatic carbocycles. The van der Waals surface area contributed by atoms with Crippen LogP contribution in [0, 0.1) is 0 Å². The summed E-state index contributed by atoms with van der Waals surface area (Å²) in [5.41, 5.74) is 10.2. The number of nitrogen functional groups attached to an aromatic ring is 1. The van der Waals surface area contributed by atoms with Crippen molar-refractivity contribution in [1.82, 2.24) is 4.98 Å². The number of nitrogens with one attached hydrogen (secondary N) is 1. The van der Waals surface area contributed by atoms with Gasteiger partial charge in [-0.1, -0.05) is 30.3 Å². The molecule has 0 radical (unpaired) electrons. The molecule has 0 aliphatic rings. The highest BCUT2D eigenvalue weighted by Crippen LogP contribution is 2.28. The number of carbonyl (C=O) groups is 1. The molecule has 4 heteroatoms. The molecule has 3 N–H and O–H groups in total. The van der Waals surface area contributed by atoms with Crippen LogP contribution >= 0.6 is 0 Å². The van der Waals surface area contributed by atoms with Crippen LogP contribution in [0.3, 0.4) is 0 Å². The highest BCUT2D eigenvalue weighted by atomic mass is 16.1. The molecule has 0 spiro atoms. The molecule has 0 unspecified atom stereocenters. The number of hydrogen-bond donors (Lipinski definition) is 2. The van der Waals surface area contributed by atoms with Gasteiger partial charge < -0.3 is 11.1 Å². The van der Waals surface area contributed by atoms with E-state index in [9.17, 15) is 4.79 Å². The van der Waals surface area contributed by atoms with Crippen LogP contribution in [0.5, 0.6) is 0 Å². The topological polar surface area (TPSA) is 68.0 Å². The summed E-state index contributed by atoms with van der Waals surface area (Å²) in [6.07, 6.45) is 0. The number of pyridine rings is 1. The van der Waals surface area contributed by atoms with Crippen molar-refractivity contribution in [3.05, 3.63) is 54.6 Å². The molecule has 3 aromatic rings. The number of aromatic nitrogens is 1. The molecule has 3 rings (SSSR count). The largest absolute Gasteiger partial charge is 0.398 e. The SMILES string of the molecule is CC(=O)Nc1ccc2nc(-c3ccccc3)cc(N)c2c1. The number of nitrogens with zero attached hydrogens (tertiary/aromatic N) is 1. The Bertz CT molecular complexity index is 813. The quantitative estimate of drug-likeness (QED) is 0.754. The second kappa shape index (κ2) is 5.25. The van der Waals surface area contributed by atoms with Crippen LogP contribution in [0.1, 0.15) is 6.92 Å². The first-order valence-corrected chi connectivity index (χ1v) is 6.67. The van der Waals surface area contributed by atoms with Crippen LogP contribution in [0.25, 0.3) is 22.2 Å². The fraction of sp³-hybridized carbons (Fsp3) is 0.0588. The number of hydrogen-bond acceptors (Lipinski definition) is 3. The zero-order valence-corrected chi connectivity index (χ0v) is 11.6. The van der Waals surface area contributed by atoms with E-state index in [2.05, 4.69) is 10.3 Å². The van der Waals surface area contributed by atoms with Gasteiger partial charge in [0.1, 0.15) is 0 Å². The summed E-state index contributed by atoms with van der Waals surface area (Å²) in [7, 11) is 0. The Kier molecular flexibility index (Phi) is 3.28. The second-order valence-electron chi connectivity index (χ2n) is 4.88. The first-order chi connectivity index (χ1) is 10.1. The van der Waals surface area contributed by atoms with E-state index in [4.69, 9.17) is 5.73 Å². The monoisotopic (exact) mass is 277 g/mol. The molecule has 0 saturated carbocycles. The van der Waals surface area contributed by atoms with E-state index >= 15 is 0 Å². The van der Waals surface area contributed by atoms with Crippen molar-refractivity contribution >= 4 is 28.2 Å². The molecule has 1 amide bonds. The first-order valence-electron chi connectivity index (χ1n) is 6.67. The van der Waals surface area contributed by atoms with Gasteiger partial charge in [-0.05, 0) is 24.3 Å². The average molecular weight is 277 g/mol. The molecule has 0 saturated heterocycles. The van der Waals surface area contributed by atoms with E-state index in [0.29, 0.717) is 5.69 Å². The van der Waals surface area contributed by atoms with Gasteiger partial charge >= 0.3 is 0 Å². The summed E-state index contributed by atoms with van der Waals surface area (Å²) in [5, 5.41) is 3.58. The van der Waals surface area contributed by atoms with Crippen LogP contribution in [0.4, 0.5) is 11.4 Å². The third-order valence-corrected chi connectivity index (χ3v) is 3.23. The van der Waals surface area contributed by atoms with Gasteiger partial charge in [0, 0.05) is 29.2 Å². The molecule has 1 heterocycles. The van der Waals surface area contributed by atoms with Gasteiger partial charge in [-0.2, -0.15) is 0 Å². The lowest BCUT2D eigenvalue weighted by molar-refractivity contribution is -0.114. The van der Waals surface area contributed by atoms with Crippen LogP contribution in [-0.2, 0) is 4.79 Å². The minimum atomic E-state index is -0.109. The van der Waals surface area contributed by atoms with E-state index in [1.807, 2.05) is 54.6 Å². The highest BCUT2D eigenvalue weighted by Gasteiger charge is 2.07. The van der Waals surface area contributed by atoms with E-state index in [0.717, 1.165) is 27.8 Å². The molecule has 21 heavy (non-hydrogen) atoms. The standard InChI is InChI=1S/C17H15N3O/c1-11(21)19-13-7-8-16-14(9-13)15(18)10-17(20-16)12-5-3-2-4-6-12/h2-10H,1H3,(H2,18,20)(H,19,21). The third kappa shape index (κ3) is 2.69. The Labute approximate surface area is 122 Å². The van der Waals surface area contributed by atoms with E-state index in [1.54, 1.807) is 0 Å². The summed E-state index contributed by atoms with van der Waals surface area (Å²) in [4.78, 5) is 15.7. The summed E-state index contributed by atoms with van der Waals surface area (Å²) >= 11 is 0. The number of nitrogens with two attached hydrogens (primary N) is 1. The van der Waals surface area contributed by atoms with Gasteiger partial charge in [0.2, 0.25) is 5.91 Å². The average Bonchev–Trinajstić information content (AvgIpc) is 2.48. The number of benzene rings is 2. The fourth-order valence-corrected chi connectivity index (χ4v) is 2.29. The number of rotatable bonds is 2. The number of carbonyl (C=O) groups excluding carboxylic acids is 1. The lowest BCUT2D eigenvalue weighted by atomic mass is 10.1. The smallest absolute Gasteiger partial charge is 0.221 e. The molecule has 0 fully saturated rings. The van der Waals surface area contributed by atoms with Crippen molar-refractivity contribution in [2.75, 3.05) is 11.1 Å². The zero-order valence-electron chi connectivity index (χ0n) is 11.6. The first kappa shape index (κ1) is 13.1. The van der Waals surface area contributed by atoms with E-state index in [1.165, 1.54) is 6.92 Å². The van der Waals surface area contributed by atoms with Crippen molar-refractivity contribution in [2.24, 2.45) is 0 Å². The normalized spacial score (nSPS) is 10.5. The summed E-state index contributed by atoms with van der Waals surface area (Å²) in [5.74, 6) is -0.109. The van der Waals surface area contributed by atoms with Crippen LogP contribution in [0.15, 0.2) is 54.6 Å². The Balaban J connectivity index is 2.11. The fourth-order valence-electron chi connectivity index (χ4n) is 2.29. The maximum atomic E-state index is 11.1. The summed E-state index contributed by atoms with van der Waals surface area (Å²) < 4.78 is 0. The molecule has 0 aliphatic heterocycles. The molecule has 0 bridgehead atoms. The van der Waals surface area contributed by atoms with E-state index < -0.39 is 0 Å². The third-order valence-electron chi connectivity index (χ3n) is 3.23. The zero-order chi connectivity index (χ0) is 14.8. The molecular weight excluding hydrogens is 262 g/mol. The summed E-state index contributed by atoms with van der Waals surface area (Å²) in [6, 6.07) is 17.3. The van der Waals surface area contributed by atoms with Gasteiger partial charge in [-0.15, -0.1) is 0 Å². The molecular formula is C17H15N3O. The van der Waals surface area contributed by atoms with E-state index in [-0.39, 0.29) is 5.91 Å². The molecule has 2 aromatic carbocycles. The van der Waals surface area contributed by atoms with Gasteiger partial charge in [0.05, 0.1) is 11.2 Å².